The SMILES string of the molecule is C=C(C)CN(C)c1ncc(CNCC)c(C)n1. The van der Waals surface area contributed by atoms with Gasteiger partial charge in [0.25, 0.3) is 0 Å². The Morgan fingerprint density at radius 1 is 1.53 bits per heavy atom. The summed E-state index contributed by atoms with van der Waals surface area (Å²) < 4.78 is 0. The van der Waals surface area contributed by atoms with Crippen molar-refractivity contribution >= 4 is 5.95 Å². The highest BCUT2D eigenvalue weighted by atomic mass is 15.2. The lowest BCUT2D eigenvalue weighted by atomic mass is 10.2. The lowest BCUT2D eigenvalue weighted by molar-refractivity contribution is 0.714. The molecule has 4 nitrogen and oxygen atoms in total. The van der Waals surface area contributed by atoms with E-state index >= 15 is 0 Å². The maximum Gasteiger partial charge on any atom is 0.225 e. The van der Waals surface area contributed by atoms with Crippen LogP contribution in [-0.4, -0.2) is 30.1 Å². The minimum Gasteiger partial charge on any atom is -0.340 e. The Kier molecular flexibility index (Phi) is 5.10. The fourth-order valence-electron chi connectivity index (χ4n) is 1.57. The van der Waals surface area contributed by atoms with Crippen LogP contribution >= 0.6 is 0 Å². The molecule has 0 aromatic carbocycles. The van der Waals surface area contributed by atoms with Gasteiger partial charge in [0.2, 0.25) is 5.95 Å². The molecule has 0 saturated carbocycles. The van der Waals surface area contributed by atoms with Gasteiger partial charge in [-0.25, -0.2) is 9.97 Å². The molecule has 0 radical (unpaired) electrons. The van der Waals surface area contributed by atoms with Crippen LogP contribution in [0.4, 0.5) is 5.95 Å². The molecular formula is C13H22N4. The van der Waals surface area contributed by atoms with Crippen LogP contribution in [0.15, 0.2) is 18.3 Å². The predicted molar refractivity (Wildman–Crippen MR) is 72.2 cm³/mol. The molecule has 1 heterocycles. The van der Waals surface area contributed by atoms with E-state index in [1.165, 1.54) is 0 Å². The molecule has 1 rings (SSSR count). The van der Waals surface area contributed by atoms with E-state index < -0.39 is 0 Å². The Bertz CT molecular complexity index is 387. The Morgan fingerprint density at radius 3 is 2.76 bits per heavy atom. The van der Waals surface area contributed by atoms with E-state index in [2.05, 4.69) is 28.8 Å². The van der Waals surface area contributed by atoms with Gasteiger partial charge in [-0.2, -0.15) is 0 Å². The number of hydrogen-bond acceptors (Lipinski definition) is 4. The van der Waals surface area contributed by atoms with Crippen LogP contribution < -0.4 is 10.2 Å². The summed E-state index contributed by atoms with van der Waals surface area (Å²) in [6, 6.07) is 0. The molecule has 0 fully saturated rings. The third-order valence-electron chi connectivity index (χ3n) is 2.48. The molecule has 1 aromatic heterocycles. The smallest absolute Gasteiger partial charge is 0.225 e. The molecule has 1 N–H and O–H groups in total. The third kappa shape index (κ3) is 4.15. The molecule has 0 atom stereocenters. The van der Waals surface area contributed by atoms with Gasteiger partial charge in [-0.3, -0.25) is 0 Å². The lowest BCUT2D eigenvalue weighted by Gasteiger charge is -2.18. The average Bonchev–Trinajstić information content (AvgIpc) is 2.26. The summed E-state index contributed by atoms with van der Waals surface area (Å²) in [5.74, 6) is 0.755. The highest BCUT2D eigenvalue weighted by molar-refractivity contribution is 5.33. The molecule has 0 aliphatic rings. The number of aromatic nitrogens is 2. The molecule has 0 aliphatic carbocycles. The molecule has 0 spiro atoms. The molecule has 4 heteroatoms. The first-order valence-corrected chi connectivity index (χ1v) is 5.93. The Hall–Kier alpha value is -1.42. The zero-order valence-electron chi connectivity index (χ0n) is 11.2. The Morgan fingerprint density at radius 2 is 2.24 bits per heavy atom. The van der Waals surface area contributed by atoms with Crippen molar-refractivity contribution in [1.82, 2.24) is 15.3 Å². The van der Waals surface area contributed by atoms with Crippen LogP contribution in [0.25, 0.3) is 0 Å². The average molecular weight is 234 g/mol. The fourth-order valence-corrected chi connectivity index (χ4v) is 1.57. The van der Waals surface area contributed by atoms with E-state index in [9.17, 15) is 0 Å². The standard InChI is InChI=1S/C13H22N4/c1-6-14-7-12-8-15-13(16-11(12)4)17(5)9-10(2)3/h8,14H,2,6-7,9H2,1,3-5H3. The van der Waals surface area contributed by atoms with E-state index in [4.69, 9.17) is 0 Å². The first kappa shape index (κ1) is 13.6. The summed E-state index contributed by atoms with van der Waals surface area (Å²) in [5, 5.41) is 3.28. The first-order chi connectivity index (χ1) is 8.04. The molecular weight excluding hydrogens is 212 g/mol. The van der Waals surface area contributed by atoms with Gasteiger partial charge in [0.05, 0.1) is 0 Å². The number of aryl methyl sites for hydroxylation is 1. The molecule has 17 heavy (non-hydrogen) atoms. The molecule has 0 aliphatic heterocycles. The van der Waals surface area contributed by atoms with E-state index in [0.29, 0.717) is 0 Å². The van der Waals surface area contributed by atoms with Gasteiger partial charge in [-0.1, -0.05) is 19.1 Å². The Balaban J connectivity index is 2.77. The van der Waals surface area contributed by atoms with Crippen molar-refractivity contribution in [2.24, 2.45) is 0 Å². The second kappa shape index (κ2) is 6.35. The topological polar surface area (TPSA) is 41.1 Å². The van der Waals surface area contributed by atoms with Crippen molar-refractivity contribution in [2.75, 3.05) is 25.0 Å². The highest BCUT2D eigenvalue weighted by Crippen LogP contribution is 2.10. The summed E-state index contributed by atoms with van der Waals surface area (Å²) in [6.07, 6.45) is 1.90. The number of nitrogens with one attached hydrogen (secondary N) is 1. The van der Waals surface area contributed by atoms with E-state index in [-0.39, 0.29) is 0 Å². The van der Waals surface area contributed by atoms with Gasteiger partial charge >= 0.3 is 0 Å². The van der Waals surface area contributed by atoms with Gasteiger partial charge in [-0.05, 0) is 20.4 Å². The molecule has 0 unspecified atom stereocenters. The summed E-state index contributed by atoms with van der Waals surface area (Å²) in [5.41, 5.74) is 3.29. The van der Waals surface area contributed by atoms with Crippen LogP contribution in [0.2, 0.25) is 0 Å². The van der Waals surface area contributed by atoms with Gasteiger partial charge in [0.1, 0.15) is 0 Å². The molecule has 94 valence electrons. The largest absolute Gasteiger partial charge is 0.340 e. The third-order valence-corrected chi connectivity index (χ3v) is 2.48. The number of rotatable bonds is 6. The minimum absolute atomic E-state index is 0.755. The second-order valence-corrected chi connectivity index (χ2v) is 4.37. The van der Waals surface area contributed by atoms with Crippen molar-refractivity contribution in [2.45, 2.75) is 27.3 Å². The molecule has 0 saturated heterocycles. The number of hydrogen-bond donors (Lipinski definition) is 1. The predicted octanol–water partition coefficient (Wildman–Crippen LogP) is 1.91. The maximum atomic E-state index is 4.51. The summed E-state index contributed by atoms with van der Waals surface area (Å²) in [4.78, 5) is 10.9. The maximum absolute atomic E-state index is 4.51. The van der Waals surface area contributed by atoms with Crippen molar-refractivity contribution in [3.8, 4) is 0 Å². The van der Waals surface area contributed by atoms with E-state index in [0.717, 1.165) is 42.4 Å². The molecule has 1 aromatic rings. The zero-order valence-corrected chi connectivity index (χ0v) is 11.2. The summed E-state index contributed by atoms with van der Waals surface area (Å²) in [6.45, 7) is 12.6. The quantitative estimate of drug-likeness (QED) is 0.763. The monoisotopic (exact) mass is 234 g/mol. The van der Waals surface area contributed by atoms with Crippen LogP contribution in [0, 0.1) is 6.92 Å². The first-order valence-electron chi connectivity index (χ1n) is 5.93. The van der Waals surface area contributed by atoms with Crippen molar-refractivity contribution < 1.29 is 0 Å². The summed E-state index contributed by atoms with van der Waals surface area (Å²) >= 11 is 0. The van der Waals surface area contributed by atoms with E-state index in [1.807, 2.05) is 32.0 Å². The van der Waals surface area contributed by atoms with Crippen LogP contribution in [0.5, 0.6) is 0 Å². The van der Waals surface area contributed by atoms with Gasteiger partial charge in [-0.15, -0.1) is 0 Å². The van der Waals surface area contributed by atoms with Crippen LogP contribution in [0.1, 0.15) is 25.1 Å². The fraction of sp³-hybridized carbons (Fsp3) is 0.538. The lowest BCUT2D eigenvalue weighted by Crippen LogP contribution is -2.22. The van der Waals surface area contributed by atoms with Crippen molar-refractivity contribution in [3.05, 3.63) is 29.6 Å². The molecule has 0 amide bonds. The number of nitrogens with zero attached hydrogens (tertiary/aromatic N) is 3. The van der Waals surface area contributed by atoms with Gasteiger partial charge in [0.15, 0.2) is 0 Å². The van der Waals surface area contributed by atoms with Crippen molar-refractivity contribution in [3.63, 3.8) is 0 Å². The van der Waals surface area contributed by atoms with Gasteiger partial charge in [0, 0.05) is 37.6 Å². The van der Waals surface area contributed by atoms with Gasteiger partial charge < -0.3 is 10.2 Å². The molecule has 0 bridgehead atoms. The summed E-state index contributed by atoms with van der Waals surface area (Å²) in [7, 11) is 1.98. The number of anilines is 1. The number of likely N-dealkylation sites (N-methyl/N-ethyl adjacent to an activating group) is 1. The zero-order chi connectivity index (χ0) is 12.8. The van der Waals surface area contributed by atoms with Crippen LogP contribution in [0.3, 0.4) is 0 Å². The van der Waals surface area contributed by atoms with Crippen molar-refractivity contribution in [1.29, 1.82) is 0 Å². The highest BCUT2D eigenvalue weighted by Gasteiger charge is 2.07. The van der Waals surface area contributed by atoms with E-state index in [1.54, 1.807) is 0 Å². The Labute approximate surface area is 104 Å². The van der Waals surface area contributed by atoms with Crippen LogP contribution in [-0.2, 0) is 6.54 Å². The second-order valence-electron chi connectivity index (χ2n) is 4.37. The minimum atomic E-state index is 0.755. The normalized spacial score (nSPS) is 10.4.